The van der Waals surface area contributed by atoms with E-state index in [2.05, 4.69) is 10.1 Å². The number of nitrogens with zero attached hydrogens (tertiary/aromatic N) is 2. The molecule has 0 atom stereocenters. The fourth-order valence-electron chi connectivity index (χ4n) is 4.49. The first-order valence-electron chi connectivity index (χ1n) is 14.2. The molecule has 1 aliphatic heterocycles. The Morgan fingerprint density at radius 3 is 1.79 bits per heavy atom. The number of hydrogen-bond donors (Lipinski definition) is 1. The fourth-order valence-corrected chi connectivity index (χ4v) is 5.31. The Hall–Kier alpha value is -4.46. The molecule has 6 nitrogen and oxygen atoms in total. The number of anilines is 1. The highest BCUT2D eigenvalue weighted by molar-refractivity contribution is 7.99. The zero-order chi connectivity index (χ0) is 30.6. The Morgan fingerprint density at radius 2 is 1.28 bits per heavy atom. The zero-order valence-electron chi connectivity index (χ0n) is 24.7. The van der Waals surface area contributed by atoms with E-state index in [1.807, 2.05) is 112 Å². The molecule has 4 aromatic carbocycles. The number of carbonyl (C=O) groups is 2. The van der Waals surface area contributed by atoms with E-state index in [0.29, 0.717) is 22.3 Å². The lowest BCUT2D eigenvalue weighted by atomic mass is 9.97. The second-order valence-electron chi connectivity index (χ2n) is 9.89. The molecule has 0 radical (unpaired) electrons. The van der Waals surface area contributed by atoms with Crippen LogP contribution in [0.2, 0.25) is 0 Å². The average Bonchev–Trinajstić information content (AvgIpc) is 3.07. The Morgan fingerprint density at radius 1 is 0.767 bits per heavy atom. The number of aryl methyl sites for hydroxylation is 1. The lowest BCUT2D eigenvalue weighted by Gasteiger charge is -2.28. The molecule has 1 saturated heterocycles. The number of Topliss-reactive ketones (excluding diaryl/α,β-unsaturated/α-hetero) is 1. The molecule has 0 saturated carbocycles. The van der Waals surface area contributed by atoms with Gasteiger partial charge in [0.05, 0.1) is 13.2 Å². The maximum absolute atomic E-state index is 13.0. The van der Waals surface area contributed by atoms with Crippen LogP contribution in [0, 0.1) is 6.92 Å². The number of carbonyl (C=O) groups excluding carboxylic acids is 2. The largest absolute Gasteiger partial charge is 0.410 e. The highest BCUT2D eigenvalue weighted by atomic mass is 32.2. The molecular weight excluding hydrogens is 556 g/mol. The summed E-state index contributed by atoms with van der Waals surface area (Å²) in [6, 6.07) is 29.8. The lowest BCUT2D eigenvalue weighted by molar-refractivity contribution is 0.103. The monoisotopic (exact) mass is 592 g/mol. The predicted molar refractivity (Wildman–Crippen MR) is 174 cm³/mol. The summed E-state index contributed by atoms with van der Waals surface area (Å²) in [5, 5.41) is 12.8. The molecule has 43 heavy (non-hydrogen) atoms. The van der Waals surface area contributed by atoms with Crippen LogP contribution in [-0.4, -0.2) is 48.8 Å². The van der Waals surface area contributed by atoms with Gasteiger partial charge in [0.15, 0.2) is 11.5 Å². The number of ether oxygens (including phenoxy) is 1. The molecule has 1 N–H and O–H groups in total. The van der Waals surface area contributed by atoms with Crippen molar-refractivity contribution in [1.82, 2.24) is 0 Å². The number of allylic oxidation sites excluding steroid dienone is 2. The molecule has 7 heteroatoms. The number of oxime groups is 1. The van der Waals surface area contributed by atoms with E-state index in [4.69, 9.17) is 4.74 Å². The first-order chi connectivity index (χ1) is 20.9. The molecule has 0 bridgehead atoms. The molecule has 0 amide bonds. The predicted octanol–water partition coefficient (Wildman–Crippen LogP) is 7.86. The van der Waals surface area contributed by atoms with Crippen molar-refractivity contribution >= 4 is 34.7 Å². The van der Waals surface area contributed by atoms with E-state index in [1.54, 1.807) is 18.2 Å². The number of morpholine rings is 1. The fraction of sp³-hybridized carbons (Fsp3) is 0.194. The number of benzene rings is 4. The number of ketones is 2. The smallest absolute Gasteiger partial charge is 0.215 e. The van der Waals surface area contributed by atoms with Gasteiger partial charge in [0.1, 0.15) is 0 Å². The Bertz CT molecular complexity index is 1570. The van der Waals surface area contributed by atoms with Crippen molar-refractivity contribution in [3.63, 3.8) is 0 Å². The van der Waals surface area contributed by atoms with Gasteiger partial charge >= 0.3 is 0 Å². The van der Waals surface area contributed by atoms with Gasteiger partial charge < -0.3 is 14.8 Å². The van der Waals surface area contributed by atoms with Crippen molar-refractivity contribution in [2.75, 3.05) is 31.2 Å². The summed E-state index contributed by atoms with van der Waals surface area (Å²) in [4.78, 5) is 30.2. The van der Waals surface area contributed by atoms with E-state index in [0.717, 1.165) is 47.3 Å². The zero-order valence-corrected chi connectivity index (χ0v) is 25.5. The Kier molecular flexibility index (Phi) is 11.5. The highest BCUT2D eigenvalue weighted by Gasteiger charge is 2.19. The van der Waals surface area contributed by atoms with Crippen LogP contribution in [0.1, 0.15) is 51.3 Å². The summed E-state index contributed by atoms with van der Waals surface area (Å²) < 4.78 is 5.41. The van der Waals surface area contributed by atoms with Crippen LogP contribution in [0.25, 0.3) is 0 Å². The third-order valence-electron chi connectivity index (χ3n) is 7.02. The van der Waals surface area contributed by atoms with Gasteiger partial charge in [-0.25, -0.2) is 0 Å². The third kappa shape index (κ3) is 8.31. The third-order valence-corrected chi connectivity index (χ3v) is 8.04. The molecule has 220 valence electrons. The topological polar surface area (TPSA) is 79.2 Å². The molecule has 0 unspecified atom stereocenters. The normalized spacial score (nSPS) is 13.4. The lowest BCUT2D eigenvalue weighted by Crippen LogP contribution is -2.36. The molecule has 1 aliphatic rings. The maximum atomic E-state index is 13.0. The average molecular weight is 593 g/mol. The Balaban J connectivity index is 0.000000996. The first-order valence-corrected chi connectivity index (χ1v) is 15.0. The van der Waals surface area contributed by atoms with Gasteiger partial charge in [0.2, 0.25) is 5.78 Å². The summed E-state index contributed by atoms with van der Waals surface area (Å²) in [5.74, 6) is -0.359. The van der Waals surface area contributed by atoms with Gasteiger partial charge in [-0.05, 0) is 99.1 Å². The highest BCUT2D eigenvalue weighted by Crippen LogP contribution is 2.29. The Labute approximate surface area is 257 Å². The van der Waals surface area contributed by atoms with E-state index in [-0.39, 0.29) is 17.3 Å². The summed E-state index contributed by atoms with van der Waals surface area (Å²) >= 11 is 1.54. The molecule has 1 fully saturated rings. The van der Waals surface area contributed by atoms with E-state index in [9.17, 15) is 14.8 Å². The minimum Gasteiger partial charge on any atom is -0.410 e. The molecule has 0 spiro atoms. The van der Waals surface area contributed by atoms with E-state index < -0.39 is 0 Å². The second-order valence-corrected chi connectivity index (χ2v) is 11.0. The van der Waals surface area contributed by atoms with Crippen molar-refractivity contribution < 1.29 is 19.5 Å². The van der Waals surface area contributed by atoms with Crippen LogP contribution >= 0.6 is 11.8 Å². The van der Waals surface area contributed by atoms with Crippen molar-refractivity contribution in [2.45, 2.75) is 30.6 Å². The van der Waals surface area contributed by atoms with Crippen LogP contribution in [-0.2, 0) is 4.74 Å². The molecule has 1 heterocycles. The quantitative estimate of drug-likeness (QED) is 0.0738. The van der Waals surface area contributed by atoms with Gasteiger partial charge in [-0.3, -0.25) is 9.59 Å². The summed E-state index contributed by atoms with van der Waals surface area (Å²) in [6.07, 6.45) is 4.00. The van der Waals surface area contributed by atoms with E-state index in [1.165, 1.54) is 11.8 Å². The van der Waals surface area contributed by atoms with Gasteiger partial charge in [0, 0.05) is 50.8 Å². The van der Waals surface area contributed by atoms with Crippen LogP contribution in [0.5, 0.6) is 0 Å². The van der Waals surface area contributed by atoms with Crippen LogP contribution in [0.4, 0.5) is 5.69 Å². The van der Waals surface area contributed by atoms with Gasteiger partial charge in [-0.1, -0.05) is 53.3 Å². The van der Waals surface area contributed by atoms with Gasteiger partial charge in [-0.2, -0.15) is 0 Å². The number of rotatable bonds is 8. The van der Waals surface area contributed by atoms with E-state index >= 15 is 0 Å². The SMILES string of the molecule is C/C=C\C.Cc1ccccc1/C(=N/O)C(=O)c1ccc(Sc2ccc(C(=O)c3ccc(N4CCOCC4)cc3)cc2)cc1. The molecular formula is C36H36N2O4S. The standard InChI is InChI=1S/C32H28N2O4S.C4H8/c1-22-4-2-3-5-29(22)30(33-37)32(36)25-10-16-28(17-11-25)39-27-14-8-24(9-15-27)31(35)23-6-12-26(13-7-23)34-18-20-38-21-19-34;1-3-4-2/h2-17,37H,18-21H2,1H3;3-4H,1-2H3/b33-30-;4-3-. The minimum absolute atomic E-state index is 0.0158. The van der Waals surface area contributed by atoms with Crippen LogP contribution in [0.3, 0.4) is 0 Å². The van der Waals surface area contributed by atoms with Crippen molar-refractivity contribution in [3.05, 3.63) is 137 Å². The molecule has 4 aromatic rings. The number of hydrogen-bond acceptors (Lipinski definition) is 7. The van der Waals surface area contributed by atoms with Crippen molar-refractivity contribution in [1.29, 1.82) is 0 Å². The molecule has 5 rings (SSSR count). The van der Waals surface area contributed by atoms with Crippen LogP contribution in [0.15, 0.2) is 124 Å². The summed E-state index contributed by atoms with van der Waals surface area (Å²) in [7, 11) is 0. The van der Waals surface area contributed by atoms with Crippen LogP contribution < -0.4 is 4.90 Å². The van der Waals surface area contributed by atoms with Crippen molar-refractivity contribution in [3.8, 4) is 0 Å². The molecule has 0 aromatic heterocycles. The molecule has 0 aliphatic carbocycles. The minimum atomic E-state index is -0.343. The van der Waals surface area contributed by atoms with Crippen molar-refractivity contribution in [2.24, 2.45) is 5.16 Å². The van der Waals surface area contributed by atoms with Gasteiger partial charge in [0.25, 0.3) is 0 Å². The second kappa shape index (κ2) is 15.7. The first kappa shape index (κ1) is 31.5. The van der Waals surface area contributed by atoms with Gasteiger partial charge in [-0.15, -0.1) is 0 Å². The summed E-state index contributed by atoms with van der Waals surface area (Å²) in [6.45, 7) is 9.03. The summed E-state index contributed by atoms with van der Waals surface area (Å²) in [5.41, 5.74) is 4.31. The maximum Gasteiger partial charge on any atom is 0.215 e.